The maximum Gasteiger partial charge on any atom is 0.376 e. The molecule has 0 amide bonds. The zero-order valence-corrected chi connectivity index (χ0v) is 8.71. The van der Waals surface area contributed by atoms with Crippen LogP contribution in [0.4, 0.5) is 17.5 Å². The minimum Gasteiger partial charge on any atom is -0.480 e. The van der Waals surface area contributed by atoms with Gasteiger partial charge in [0.2, 0.25) is 11.8 Å². The molecule has 0 aliphatic heterocycles. The number of carboxylic acids is 1. The van der Waals surface area contributed by atoms with E-state index in [4.69, 9.17) is 10.8 Å². The number of nitrogens with zero attached hydrogens (tertiary/aromatic N) is 3. The molecule has 0 radical (unpaired) electrons. The van der Waals surface area contributed by atoms with Gasteiger partial charge in [0.15, 0.2) is 0 Å². The lowest BCUT2D eigenvalue weighted by Crippen LogP contribution is -2.26. The van der Waals surface area contributed by atoms with Crippen molar-refractivity contribution in [2.75, 3.05) is 17.6 Å². The topological polar surface area (TPSA) is 153 Å². The molecule has 17 heavy (non-hydrogen) atoms. The minimum atomic E-state index is -1.25. The maximum atomic E-state index is 11.5. The van der Waals surface area contributed by atoms with E-state index in [0.29, 0.717) is 0 Å². The van der Waals surface area contributed by atoms with E-state index in [2.05, 4.69) is 10.3 Å². The smallest absolute Gasteiger partial charge is 0.376 e. The van der Waals surface area contributed by atoms with E-state index in [1.54, 1.807) is 0 Å². The number of hydrogen-bond donors (Lipinski definition) is 3. The lowest BCUT2D eigenvalue weighted by molar-refractivity contribution is -0.385. The fourth-order valence-electron chi connectivity index (χ4n) is 1.05. The second-order valence-corrected chi connectivity index (χ2v) is 3.04. The van der Waals surface area contributed by atoms with E-state index in [9.17, 15) is 19.7 Å². The van der Waals surface area contributed by atoms with Gasteiger partial charge in [0.05, 0.1) is 4.92 Å². The molecule has 10 heteroatoms. The molecule has 1 aromatic heterocycles. The van der Waals surface area contributed by atoms with E-state index < -0.39 is 34.5 Å². The molecule has 0 aromatic carbocycles. The van der Waals surface area contributed by atoms with Crippen molar-refractivity contribution in [2.45, 2.75) is 0 Å². The van der Waals surface area contributed by atoms with Crippen molar-refractivity contribution in [1.29, 1.82) is 0 Å². The van der Waals surface area contributed by atoms with Crippen LogP contribution in [0.2, 0.25) is 0 Å². The number of hydrogen-bond acceptors (Lipinski definition) is 7. The number of carboxylic acid groups (broad SMARTS) is 1. The van der Waals surface area contributed by atoms with Gasteiger partial charge in [-0.15, -0.1) is 0 Å². The molecule has 4 N–H and O–H groups in total. The molecular weight excluding hydrogens is 234 g/mol. The van der Waals surface area contributed by atoms with E-state index in [0.717, 1.165) is 4.57 Å². The first kappa shape index (κ1) is 12.4. The number of nitrogens with two attached hydrogens (primary N) is 1. The molecule has 0 saturated heterocycles. The zero-order valence-electron chi connectivity index (χ0n) is 8.71. The normalized spacial score (nSPS) is 9.94. The first-order valence-electron chi connectivity index (χ1n) is 4.31. The molecule has 10 nitrogen and oxygen atoms in total. The number of carbonyl (C=O) groups is 1. The summed E-state index contributed by atoms with van der Waals surface area (Å²) in [6, 6.07) is 0. The molecular formula is C7H9N5O5. The highest BCUT2D eigenvalue weighted by Gasteiger charge is 2.24. The Morgan fingerprint density at radius 2 is 2.29 bits per heavy atom. The highest BCUT2D eigenvalue weighted by Crippen LogP contribution is 2.17. The summed E-state index contributed by atoms with van der Waals surface area (Å²) in [5.41, 5.74) is 3.53. The Kier molecular flexibility index (Phi) is 3.26. The monoisotopic (exact) mass is 243 g/mol. The van der Waals surface area contributed by atoms with Crippen LogP contribution in [0, 0.1) is 10.1 Å². The lowest BCUT2D eigenvalue weighted by atomic mass is 10.4. The second-order valence-electron chi connectivity index (χ2n) is 3.04. The Bertz CT molecular complexity index is 536. The van der Waals surface area contributed by atoms with Crippen molar-refractivity contribution < 1.29 is 14.8 Å². The summed E-state index contributed by atoms with van der Waals surface area (Å²) in [6.45, 7) is -0.611. The third-order valence-electron chi connectivity index (χ3n) is 1.89. The van der Waals surface area contributed by atoms with Gasteiger partial charge in [0, 0.05) is 7.05 Å². The van der Waals surface area contributed by atoms with Crippen LogP contribution in [-0.2, 0) is 11.8 Å². The number of nitrogen functional groups attached to an aromatic ring is 1. The molecule has 0 saturated carbocycles. The highest BCUT2D eigenvalue weighted by molar-refractivity contribution is 5.73. The van der Waals surface area contributed by atoms with Crippen LogP contribution in [0.1, 0.15) is 0 Å². The van der Waals surface area contributed by atoms with Crippen molar-refractivity contribution >= 4 is 23.4 Å². The number of anilines is 2. The molecule has 1 rings (SSSR count). The van der Waals surface area contributed by atoms with Crippen molar-refractivity contribution in [3.05, 3.63) is 20.5 Å². The molecule has 0 atom stereocenters. The number of nitro groups is 1. The van der Waals surface area contributed by atoms with Crippen LogP contribution >= 0.6 is 0 Å². The van der Waals surface area contributed by atoms with Gasteiger partial charge in [-0.2, -0.15) is 4.98 Å². The summed E-state index contributed by atoms with van der Waals surface area (Å²) >= 11 is 0. The van der Waals surface area contributed by atoms with Crippen molar-refractivity contribution in [1.82, 2.24) is 9.55 Å². The largest absolute Gasteiger partial charge is 0.480 e. The Morgan fingerprint density at radius 3 is 2.76 bits per heavy atom. The van der Waals surface area contributed by atoms with Gasteiger partial charge in [-0.3, -0.25) is 24.3 Å². The molecule has 0 aliphatic carbocycles. The fourth-order valence-corrected chi connectivity index (χ4v) is 1.05. The summed E-state index contributed by atoms with van der Waals surface area (Å²) < 4.78 is 0.796. The van der Waals surface area contributed by atoms with Gasteiger partial charge in [0.1, 0.15) is 6.54 Å². The van der Waals surface area contributed by atoms with Crippen LogP contribution in [0.5, 0.6) is 0 Å². The van der Waals surface area contributed by atoms with Gasteiger partial charge in [-0.1, -0.05) is 0 Å². The molecule has 0 fully saturated rings. The van der Waals surface area contributed by atoms with Crippen LogP contribution in [0.25, 0.3) is 0 Å². The van der Waals surface area contributed by atoms with Crippen LogP contribution in [0.3, 0.4) is 0 Å². The summed E-state index contributed by atoms with van der Waals surface area (Å²) in [6.07, 6.45) is 0. The predicted octanol–water partition coefficient (Wildman–Crippen LogP) is -1.23. The van der Waals surface area contributed by atoms with Gasteiger partial charge >= 0.3 is 17.2 Å². The van der Waals surface area contributed by atoms with E-state index >= 15 is 0 Å². The lowest BCUT2D eigenvalue weighted by Gasteiger charge is -2.07. The van der Waals surface area contributed by atoms with Crippen LogP contribution in [0.15, 0.2) is 4.79 Å². The van der Waals surface area contributed by atoms with Gasteiger partial charge in [-0.25, -0.2) is 0 Å². The SMILES string of the molecule is Cn1c(N)nc(NCC(=O)O)c([N+](=O)[O-])c1=O. The van der Waals surface area contributed by atoms with Crippen molar-refractivity contribution in [3.8, 4) is 0 Å². The molecule has 0 aliphatic rings. The summed E-state index contributed by atoms with van der Waals surface area (Å²) in [5, 5.41) is 21.3. The predicted molar refractivity (Wildman–Crippen MR) is 56.7 cm³/mol. The molecule has 1 aromatic rings. The highest BCUT2D eigenvalue weighted by atomic mass is 16.6. The van der Waals surface area contributed by atoms with Crippen molar-refractivity contribution in [2.24, 2.45) is 7.05 Å². The average Bonchev–Trinajstić information content (AvgIpc) is 2.22. The van der Waals surface area contributed by atoms with Crippen LogP contribution < -0.4 is 16.6 Å². The third kappa shape index (κ3) is 2.48. The molecule has 0 bridgehead atoms. The Balaban J connectivity index is 3.33. The Hall–Kier alpha value is -2.65. The number of nitrogens with one attached hydrogen (secondary N) is 1. The van der Waals surface area contributed by atoms with E-state index in [1.807, 2.05) is 0 Å². The van der Waals surface area contributed by atoms with Gasteiger partial charge in [0.25, 0.3) is 0 Å². The summed E-state index contributed by atoms with van der Waals surface area (Å²) in [5.74, 6) is -1.97. The van der Waals surface area contributed by atoms with Crippen molar-refractivity contribution in [3.63, 3.8) is 0 Å². The Labute approximate surface area is 93.8 Å². The standard InChI is InChI=1S/C7H9N5O5/c1-11-6(15)4(12(16)17)5(10-7(11)8)9-2-3(13)14/h9H,2H2,1H3,(H2,8,10)(H,13,14). The number of aliphatic carboxylic acids is 1. The average molecular weight is 243 g/mol. The second kappa shape index (κ2) is 4.47. The molecule has 0 unspecified atom stereocenters. The fraction of sp³-hybridized carbons (Fsp3) is 0.286. The van der Waals surface area contributed by atoms with Crippen LogP contribution in [-0.4, -0.2) is 32.1 Å². The maximum absolute atomic E-state index is 11.5. The summed E-state index contributed by atoms with van der Waals surface area (Å²) in [4.78, 5) is 35.1. The molecule has 1 heterocycles. The minimum absolute atomic E-state index is 0.256. The Morgan fingerprint density at radius 1 is 1.71 bits per heavy atom. The third-order valence-corrected chi connectivity index (χ3v) is 1.89. The molecule has 92 valence electrons. The molecule has 0 spiro atoms. The first-order valence-corrected chi connectivity index (χ1v) is 4.31. The first-order chi connectivity index (χ1) is 7.84. The zero-order chi connectivity index (χ0) is 13.2. The van der Waals surface area contributed by atoms with E-state index in [-0.39, 0.29) is 5.95 Å². The quantitative estimate of drug-likeness (QED) is 0.438. The van der Waals surface area contributed by atoms with Gasteiger partial charge < -0.3 is 16.2 Å². The number of aromatic nitrogens is 2. The number of rotatable bonds is 4. The van der Waals surface area contributed by atoms with E-state index in [1.165, 1.54) is 7.05 Å². The van der Waals surface area contributed by atoms with Gasteiger partial charge in [-0.05, 0) is 0 Å². The summed E-state index contributed by atoms with van der Waals surface area (Å²) in [7, 11) is 1.22.